The number of aryl methyl sites for hydroxylation is 2. The molecule has 0 unspecified atom stereocenters. The molecule has 0 aromatic heterocycles. The van der Waals surface area contributed by atoms with Crippen LogP contribution in [0.25, 0.3) is 0 Å². The average Bonchev–Trinajstić information content (AvgIpc) is 3.13. The van der Waals surface area contributed by atoms with E-state index in [-0.39, 0.29) is 0 Å². The van der Waals surface area contributed by atoms with Crippen molar-refractivity contribution >= 4 is 0 Å². The maximum Gasteiger partial charge on any atom is 0.00682 e. The molecule has 0 radical (unpaired) electrons. The smallest absolute Gasteiger partial charge is 0.00682 e. The van der Waals surface area contributed by atoms with Gasteiger partial charge in [0, 0.05) is 6.04 Å². The number of hydrogen-bond acceptors (Lipinski definition) is 1. The third-order valence-corrected chi connectivity index (χ3v) is 3.33. The average molecular weight is 217 g/mol. The maximum absolute atomic E-state index is 3.56. The van der Waals surface area contributed by atoms with Crippen molar-refractivity contribution in [3.63, 3.8) is 0 Å². The van der Waals surface area contributed by atoms with E-state index in [0.717, 1.165) is 12.5 Å². The summed E-state index contributed by atoms with van der Waals surface area (Å²) in [7, 11) is 0. The van der Waals surface area contributed by atoms with Gasteiger partial charge in [0.25, 0.3) is 0 Å². The second kappa shape index (κ2) is 6.05. The van der Waals surface area contributed by atoms with Crippen LogP contribution in [0, 0.1) is 0 Å². The van der Waals surface area contributed by atoms with Gasteiger partial charge in [0.2, 0.25) is 0 Å². The van der Waals surface area contributed by atoms with Gasteiger partial charge < -0.3 is 5.32 Å². The zero-order valence-electron chi connectivity index (χ0n) is 10.3. The number of nitrogens with one attached hydrogen (secondary N) is 1. The Balaban J connectivity index is 1.60. The predicted molar refractivity (Wildman–Crippen MR) is 69.8 cm³/mol. The first-order valence-electron chi connectivity index (χ1n) is 6.69. The monoisotopic (exact) mass is 217 g/mol. The lowest BCUT2D eigenvalue weighted by molar-refractivity contribution is 0.620. The minimum Gasteiger partial charge on any atom is -0.314 e. The highest BCUT2D eigenvalue weighted by Gasteiger charge is 2.19. The summed E-state index contributed by atoms with van der Waals surface area (Å²) in [4.78, 5) is 0. The molecule has 0 bridgehead atoms. The van der Waals surface area contributed by atoms with Crippen LogP contribution in [0.5, 0.6) is 0 Å². The van der Waals surface area contributed by atoms with Gasteiger partial charge in [0.05, 0.1) is 0 Å². The summed E-state index contributed by atoms with van der Waals surface area (Å²) in [6.45, 7) is 3.41. The normalized spacial score (nSPS) is 15.3. The Hall–Kier alpha value is -0.820. The van der Waals surface area contributed by atoms with Gasteiger partial charge in [-0.05, 0) is 56.2 Å². The van der Waals surface area contributed by atoms with Crippen molar-refractivity contribution in [1.29, 1.82) is 0 Å². The van der Waals surface area contributed by atoms with Crippen molar-refractivity contribution in [3.8, 4) is 0 Å². The SMILES string of the molecule is CCc1ccc(CCCCNC2CC2)cc1. The van der Waals surface area contributed by atoms with E-state index < -0.39 is 0 Å². The van der Waals surface area contributed by atoms with E-state index >= 15 is 0 Å². The predicted octanol–water partition coefficient (Wildman–Crippen LogP) is 3.32. The standard InChI is InChI=1S/C15H23N/c1-2-13-6-8-14(9-7-13)5-3-4-12-16-15-10-11-15/h6-9,15-16H,2-5,10-12H2,1H3. The van der Waals surface area contributed by atoms with E-state index in [1.165, 1.54) is 49.8 Å². The van der Waals surface area contributed by atoms with Crippen LogP contribution in [-0.4, -0.2) is 12.6 Å². The van der Waals surface area contributed by atoms with Gasteiger partial charge in [-0.3, -0.25) is 0 Å². The van der Waals surface area contributed by atoms with Crippen molar-refractivity contribution in [3.05, 3.63) is 35.4 Å². The lowest BCUT2D eigenvalue weighted by Gasteiger charge is -2.04. The second-order valence-electron chi connectivity index (χ2n) is 4.86. The summed E-state index contributed by atoms with van der Waals surface area (Å²) in [5.74, 6) is 0. The molecule has 0 amide bonds. The molecule has 0 saturated heterocycles. The molecule has 1 N–H and O–H groups in total. The van der Waals surface area contributed by atoms with Crippen molar-refractivity contribution in [2.75, 3.05) is 6.54 Å². The fourth-order valence-electron chi connectivity index (χ4n) is 1.99. The Morgan fingerprint density at radius 2 is 1.75 bits per heavy atom. The zero-order chi connectivity index (χ0) is 11.2. The highest BCUT2D eigenvalue weighted by Crippen LogP contribution is 2.18. The van der Waals surface area contributed by atoms with Crippen molar-refractivity contribution in [2.24, 2.45) is 0 Å². The van der Waals surface area contributed by atoms with Crippen LogP contribution in [0.1, 0.15) is 43.7 Å². The number of benzene rings is 1. The quantitative estimate of drug-likeness (QED) is 0.691. The third kappa shape index (κ3) is 3.97. The Morgan fingerprint density at radius 3 is 2.38 bits per heavy atom. The van der Waals surface area contributed by atoms with Crippen LogP contribution >= 0.6 is 0 Å². The molecule has 1 nitrogen and oxygen atoms in total. The lowest BCUT2D eigenvalue weighted by atomic mass is 10.1. The molecule has 1 aromatic carbocycles. The van der Waals surface area contributed by atoms with Gasteiger partial charge in [-0.2, -0.15) is 0 Å². The molecular formula is C15H23N. The fraction of sp³-hybridized carbons (Fsp3) is 0.600. The van der Waals surface area contributed by atoms with E-state index in [9.17, 15) is 0 Å². The summed E-state index contributed by atoms with van der Waals surface area (Å²) in [6, 6.07) is 9.96. The van der Waals surface area contributed by atoms with Crippen LogP contribution in [0.4, 0.5) is 0 Å². The summed E-state index contributed by atoms with van der Waals surface area (Å²) in [5.41, 5.74) is 2.93. The maximum atomic E-state index is 3.56. The number of rotatable bonds is 7. The first kappa shape index (κ1) is 11.7. The Morgan fingerprint density at radius 1 is 1.06 bits per heavy atom. The molecule has 16 heavy (non-hydrogen) atoms. The van der Waals surface area contributed by atoms with E-state index in [0.29, 0.717) is 0 Å². The van der Waals surface area contributed by atoms with Crippen LogP contribution in [-0.2, 0) is 12.8 Å². The molecular weight excluding hydrogens is 194 g/mol. The minimum absolute atomic E-state index is 0.865. The lowest BCUT2D eigenvalue weighted by Crippen LogP contribution is -2.17. The molecule has 0 heterocycles. The largest absolute Gasteiger partial charge is 0.314 e. The summed E-state index contributed by atoms with van der Waals surface area (Å²) < 4.78 is 0. The Labute approximate surface area is 99.3 Å². The van der Waals surface area contributed by atoms with Crippen LogP contribution in [0.3, 0.4) is 0 Å². The molecule has 1 aliphatic carbocycles. The summed E-state index contributed by atoms with van der Waals surface area (Å²) >= 11 is 0. The van der Waals surface area contributed by atoms with E-state index in [4.69, 9.17) is 0 Å². The highest BCUT2D eigenvalue weighted by atomic mass is 14.9. The number of hydrogen-bond donors (Lipinski definition) is 1. The first-order valence-corrected chi connectivity index (χ1v) is 6.69. The molecule has 2 rings (SSSR count). The molecule has 1 fully saturated rings. The second-order valence-corrected chi connectivity index (χ2v) is 4.86. The Bertz CT molecular complexity index is 298. The number of unbranched alkanes of at least 4 members (excludes halogenated alkanes) is 1. The van der Waals surface area contributed by atoms with Crippen molar-refractivity contribution < 1.29 is 0 Å². The zero-order valence-corrected chi connectivity index (χ0v) is 10.3. The van der Waals surface area contributed by atoms with Gasteiger partial charge in [0.1, 0.15) is 0 Å². The summed E-state index contributed by atoms with van der Waals surface area (Å²) in [5, 5.41) is 3.56. The van der Waals surface area contributed by atoms with Crippen molar-refractivity contribution in [1.82, 2.24) is 5.32 Å². The molecule has 1 saturated carbocycles. The van der Waals surface area contributed by atoms with Crippen LogP contribution in [0.15, 0.2) is 24.3 Å². The highest BCUT2D eigenvalue weighted by molar-refractivity contribution is 5.22. The molecule has 0 atom stereocenters. The van der Waals surface area contributed by atoms with Crippen LogP contribution in [0.2, 0.25) is 0 Å². The molecule has 1 heteroatoms. The first-order chi connectivity index (χ1) is 7.88. The van der Waals surface area contributed by atoms with Crippen LogP contribution < -0.4 is 5.32 Å². The van der Waals surface area contributed by atoms with Gasteiger partial charge in [-0.15, -0.1) is 0 Å². The molecule has 88 valence electrons. The van der Waals surface area contributed by atoms with E-state index in [1.807, 2.05) is 0 Å². The van der Waals surface area contributed by atoms with Crippen molar-refractivity contribution in [2.45, 2.75) is 51.5 Å². The van der Waals surface area contributed by atoms with Gasteiger partial charge in [-0.25, -0.2) is 0 Å². The molecule has 0 spiro atoms. The Kier molecular flexibility index (Phi) is 4.41. The fourth-order valence-corrected chi connectivity index (χ4v) is 1.99. The molecule has 1 aliphatic rings. The minimum atomic E-state index is 0.865. The van der Waals surface area contributed by atoms with Gasteiger partial charge >= 0.3 is 0 Å². The summed E-state index contributed by atoms with van der Waals surface area (Å²) in [6.07, 6.45) is 7.80. The van der Waals surface area contributed by atoms with E-state index in [1.54, 1.807) is 0 Å². The molecule has 0 aliphatic heterocycles. The van der Waals surface area contributed by atoms with E-state index in [2.05, 4.69) is 36.5 Å². The topological polar surface area (TPSA) is 12.0 Å². The third-order valence-electron chi connectivity index (χ3n) is 3.33. The van der Waals surface area contributed by atoms with Gasteiger partial charge in [0.15, 0.2) is 0 Å². The molecule has 1 aromatic rings. The van der Waals surface area contributed by atoms with Gasteiger partial charge in [-0.1, -0.05) is 31.2 Å².